The zero-order chi connectivity index (χ0) is 17.9. The molecule has 0 saturated carbocycles. The molecule has 1 aromatic rings. The van der Waals surface area contributed by atoms with Crippen LogP contribution in [0, 0.1) is 0 Å². The Labute approximate surface area is 148 Å². The number of rotatable bonds is 6. The van der Waals surface area contributed by atoms with Crippen molar-refractivity contribution in [2.24, 2.45) is 4.99 Å². The Morgan fingerprint density at radius 3 is 2.80 bits per heavy atom. The van der Waals surface area contributed by atoms with E-state index in [1.165, 1.54) is 18.9 Å². The smallest absolute Gasteiger partial charge is 0.263 e. The summed E-state index contributed by atoms with van der Waals surface area (Å²) in [6.07, 6.45) is 3.43. The molecule has 7 nitrogen and oxygen atoms in total. The number of nitrogens with one attached hydrogen (secondary N) is 2. The Balaban J connectivity index is 1.55. The molecule has 1 amide bonds. The topological polar surface area (TPSA) is 90.9 Å². The van der Waals surface area contributed by atoms with Crippen LogP contribution in [0.25, 0.3) is 0 Å². The van der Waals surface area contributed by atoms with E-state index in [9.17, 15) is 13.2 Å². The summed E-state index contributed by atoms with van der Waals surface area (Å²) in [5, 5.41) is 2.88. The third kappa shape index (κ3) is 4.19. The van der Waals surface area contributed by atoms with Crippen LogP contribution in [0.1, 0.15) is 31.7 Å². The van der Waals surface area contributed by atoms with Crippen molar-refractivity contribution in [3.63, 3.8) is 0 Å². The molecule has 2 N–H and O–H groups in total. The largest absolute Gasteiger partial charge is 0.354 e. The molecule has 8 heteroatoms. The molecule has 0 aliphatic carbocycles. The maximum atomic E-state index is 12.2. The molecule has 0 unspecified atom stereocenters. The average molecular weight is 364 g/mol. The summed E-state index contributed by atoms with van der Waals surface area (Å²) in [5.41, 5.74) is 0.510. The average Bonchev–Trinajstić information content (AvgIpc) is 3.19. The lowest BCUT2D eigenvalue weighted by atomic mass is 10.2. The second kappa shape index (κ2) is 7.53. The van der Waals surface area contributed by atoms with Crippen molar-refractivity contribution in [1.29, 1.82) is 0 Å². The molecule has 0 aromatic heterocycles. The van der Waals surface area contributed by atoms with Gasteiger partial charge in [-0.05, 0) is 58.0 Å². The minimum atomic E-state index is -3.57. The van der Waals surface area contributed by atoms with E-state index in [2.05, 4.69) is 19.9 Å². The number of nitrogens with zero attached hydrogens (tertiary/aromatic N) is 2. The number of hydrogen-bond acceptors (Lipinski definition) is 5. The quantitative estimate of drug-likeness (QED) is 0.728. The summed E-state index contributed by atoms with van der Waals surface area (Å²) in [7, 11) is -3.57. The first-order chi connectivity index (χ1) is 12.0. The van der Waals surface area contributed by atoms with Gasteiger partial charge in [0.05, 0.1) is 4.90 Å². The van der Waals surface area contributed by atoms with E-state index in [1.807, 2.05) is 0 Å². The van der Waals surface area contributed by atoms with Crippen LogP contribution < -0.4 is 10.0 Å². The van der Waals surface area contributed by atoms with Crippen molar-refractivity contribution < 1.29 is 13.2 Å². The van der Waals surface area contributed by atoms with Crippen molar-refractivity contribution in [1.82, 2.24) is 14.9 Å². The zero-order valence-corrected chi connectivity index (χ0v) is 15.2. The number of hydrogen-bond donors (Lipinski definition) is 2. The molecule has 1 saturated heterocycles. The lowest BCUT2D eigenvalue weighted by Crippen LogP contribution is -2.35. The standard InChI is InChI=1S/C17H24N4O3S/c1-13(17(22)18-9-6-12-21-10-4-5-11-21)19-16-14-7-2-3-8-15(14)25(23,24)20-16/h2-3,7-8,13H,4-6,9-12H2,1H3,(H,18,22)(H,19,20)/t13-/m0/s1. The normalized spacial score (nSPS) is 21.7. The number of benzene rings is 1. The first-order valence-electron chi connectivity index (χ1n) is 8.67. The van der Waals surface area contributed by atoms with Gasteiger partial charge in [0, 0.05) is 12.1 Å². The fraction of sp³-hybridized carbons (Fsp3) is 0.529. The van der Waals surface area contributed by atoms with Crippen LogP contribution in [0.15, 0.2) is 34.2 Å². The van der Waals surface area contributed by atoms with Crippen molar-refractivity contribution in [3.05, 3.63) is 29.8 Å². The minimum Gasteiger partial charge on any atom is -0.354 e. The molecule has 2 heterocycles. The molecule has 136 valence electrons. The molecular formula is C17H24N4O3S. The summed E-state index contributed by atoms with van der Waals surface area (Å²) in [4.78, 5) is 19.1. The van der Waals surface area contributed by atoms with Crippen LogP contribution in [0.2, 0.25) is 0 Å². The predicted molar refractivity (Wildman–Crippen MR) is 96.1 cm³/mol. The lowest BCUT2D eigenvalue weighted by molar-refractivity contribution is -0.121. The molecule has 2 aliphatic rings. The third-order valence-corrected chi connectivity index (χ3v) is 5.91. The SMILES string of the molecule is C[C@H](N=C1NS(=O)(=O)c2ccccc21)C(=O)NCCCN1CCCC1. The van der Waals surface area contributed by atoms with Gasteiger partial charge in [0.25, 0.3) is 10.0 Å². The van der Waals surface area contributed by atoms with E-state index in [0.29, 0.717) is 12.1 Å². The second-order valence-corrected chi connectivity index (χ2v) is 8.10. The number of amides is 1. The monoisotopic (exact) mass is 364 g/mol. The van der Waals surface area contributed by atoms with Gasteiger partial charge in [-0.1, -0.05) is 12.1 Å². The van der Waals surface area contributed by atoms with Gasteiger partial charge in [0.1, 0.15) is 11.9 Å². The van der Waals surface area contributed by atoms with Gasteiger partial charge in [0.2, 0.25) is 5.91 Å². The Bertz CT molecular complexity index is 770. The number of fused-ring (bicyclic) bond motifs is 1. The van der Waals surface area contributed by atoms with Crippen LogP contribution >= 0.6 is 0 Å². The van der Waals surface area contributed by atoms with E-state index in [4.69, 9.17) is 0 Å². The zero-order valence-electron chi connectivity index (χ0n) is 14.4. The minimum absolute atomic E-state index is 0.197. The van der Waals surface area contributed by atoms with E-state index in [-0.39, 0.29) is 16.6 Å². The van der Waals surface area contributed by atoms with Crippen molar-refractivity contribution in [2.75, 3.05) is 26.2 Å². The van der Waals surface area contributed by atoms with E-state index < -0.39 is 16.1 Å². The second-order valence-electron chi connectivity index (χ2n) is 6.45. The summed E-state index contributed by atoms with van der Waals surface area (Å²) in [6, 6.07) is 5.98. The molecule has 25 heavy (non-hydrogen) atoms. The fourth-order valence-electron chi connectivity index (χ4n) is 3.15. The van der Waals surface area contributed by atoms with E-state index >= 15 is 0 Å². The Morgan fingerprint density at radius 1 is 1.32 bits per heavy atom. The highest BCUT2D eigenvalue weighted by Crippen LogP contribution is 2.22. The maximum Gasteiger partial charge on any atom is 0.263 e. The van der Waals surface area contributed by atoms with Crippen molar-refractivity contribution in [3.8, 4) is 0 Å². The number of likely N-dealkylation sites (tertiary alicyclic amines) is 1. The lowest BCUT2D eigenvalue weighted by Gasteiger charge is -2.15. The van der Waals surface area contributed by atoms with E-state index in [1.54, 1.807) is 25.1 Å². The summed E-state index contributed by atoms with van der Waals surface area (Å²) in [5.74, 6) is 0.0350. The summed E-state index contributed by atoms with van der Waals surface area (Å²) >= 11 is 0. The number of carbonyl (C=O) groups excluding carboxylic acids is 1. The molecule has 0 spiro atoms. The van der Waals surface area contributed by atoms with Crippen LogP contribution in [0.3, 0.4) is 0 Å². The number of sulfonamides is 1. The fourth-order valence-corrected chi connectivity index (χ4v) is 4.39. The first-order valence-corrected chi connectivity index (χ1v) is 10.2. The number of carbonyl (C=O) groups is 1. The molecular weight excluding hydrogens is 340 g/mol. The molecule has 0 radical (unpaired) electrons. The van der Waals surface area contributed by atoms with Crippen molar-refractivity contribution in [2.45, 2.75) is 37.1 Å². The van der Waals surface area contributed by atoms with Crippen LogP contribution in [0.5, 0.6) is 0 Å². The maximum absolute atomic E-state index is 12.2. The summed E-state index contributed by atoms with van der Waals surface area (Å²) in [6.45, 7) is 5.57. The van der Waals surface area contributed by atoms with Gasteiger partial charge in [-0.3, -0.25) is 14.5 Å². The molecule has 2 aliphatic heterocycles. The Kier molecular flexibility index (Phi) is 5.39. The van der Waals surface area contributed by atoms with Gasteiger partial charge in [-0.15, -0.1) is 0 Å². The van der Waals surface area contributed by atoms with Crippen LogP contribution in [-0.2, 0) is 14.8 Å². The van der Waals surface area contributed by atoms with Gasteiger partial charge in [0.15, 0.2) is 0 Å². The van der Waals surface area contributed by atoms with Crippen LogP contribution in [0.4, 0.5) is 0 Å². The molecule has 0 bridgehead atoms. The highest BCUT2D eigenvalue weighted by Gasteiger charge is 2.31. The summed E-state index contributed by atoms with van der Waals surface area (Å²) < 4.78 is 26.5. The number of amidine groups is 1. The highest BCUT2D eigenvalue weighted by atomic mass is 32.2. The molecule has 1 aromatic carbocycles. The van der Waals surface area contributed by atoms with E-state index in [0.717, 1.165) is 26.1 Å². The third-order valence-electron chi connectivity index (χ3n) is 4.51. The highest BCUT2D eigenvalue weighted by molar-refractivity contribution is 7.90. The van der Waals surface area contributed by atoms with Crippen molar-refractivity contribution >= 4 is 21.8 Å². The van der Waals surface area contributed by atoms with Gasteiger partial charge < -0.3 is 10.2 Å². The molecule has 1 atom stereocenters. The Morgan fingerprint density at radius 2 is 2.04 bits per heavy atom. The Hall–Kier alpha value is -1.93. The van der Waals surface area contributed by atoms with Crippen LogP contribution in [-0.4, -0.2) is 57.3 Å². The van der Waals surface area contributed by atoms with Gasteiger partial charge in [-0.25, -0.2) is 8.42 Å². The predicted octanol–water partition coefficient (Wildman–Crippen LogP) is 0.716. The number of aliphatic imine (C=N–C) groups is 1. The molecule has 1 fully saturated rings. The first kappa shape index (κ1) is 17.9. The van der Waals surface area contributed by atoms with Gasteiger partial charge in [-0.2, -0.15) is 0 Å². The molecule has 3 rings (SSSR count). The van der Waals surface area contributed by atoms with Gasteiger partial charge >= 0.3 is 0 Å².